The molecule has 0 saturated carbocycles. The van der Waals surface area contributed by atoms with E-state index in [1.54, 1.807) is 18.2 Å². The number of carboxylic acid groups (broad SMARTS) is 1. The van der Waals surface area contributed by atoms with Crippen LogP contribution in [0.3, 0.4) is 0 Å². The van der Waals surface area contributed by atoms with Gasteiger partial charge in [0.25, 0.3) is 0 Å². The summed E-state index contributed by atoms with van der Waals surface area (Å²) in [5.74, 6) is 0.398. The molecule has 0 unspecified atom stereocenters. The average molecular weight is 398 g/mol. The van der Waals surface area contributed by atoms with Crippen LogP contribution in [0.1, 0.15) is 5.56 Å². The fraction of sp³-hybridized carbons (Fsp3) is 0. The van der Waals surface area contributed by atoms with E-state index in [1.807, 2.05) is 24.3 Å². The first kappa shape index (κ1) is 14.8. The highest BCUT2D eigenvalue weighted by molar-refractivity contribution is 9.10. The van der Waals surface area contributed by atoms with Gasteiger partial charge in [0, 0.05) is 10.5 Å². The number of para-hydroxylation sites is 1. The molecule has 0 aliphatic carbocycles. The number of hydrogen-bond acceptors (Lipinski definition) is 2. The lowest BCUT2D eigenvalue weighted by molar-refractivity contribution is -0.131. The van der Waals surface area contributed by atoms with Gasteiger partial charge in [-0.15, -0.1) is 0 Å². The molecule has 1 N–H and O–H groups in total. The van der Waals surface area contributed by atoms with Crippen LogP contribution >= 0.6 is 31.9 Å². The summed E-state index contributed by atoms with van der Waals surface area (Å²) in [4.78, 5) is 10.5. The van der Waals surface area contributed by atoms with E-state index in [-0.39, 0.29) is 0 Å². The van der Waals surface area contributed by atoms with Crippen molar-refractivity contribution < 1.29 is 14.6 Å². The standard InChI is InChI=1S/C15H10Br2O3/c16-12-3-1-2-4-14(12)20-11-7-5-10(13(17)9-11)6-8-15(18)19/h1-9H,(H,18,19)/b8-6+. The Balaban J connectivity index is 2.21. The Bertz CT molecular complexity index is 666. The van der Waals surface area contributed by atoms with E-state index in [2.05, 4.69) is 31.9 Å². The smallest absolute Gasteiger partial charge is 0.328 e. The monoisotopic (exact) mass is 396 g/mol. The summed E-state index contributed by atoms with van der Waals surface area (Å²) in [6, 6.07) is 12.9. The lowest BCUT2D eigenvalue weighted by Gasteiger charge is -2.08. The predicted molar refractivity (Wildman–Crippen MR) is 85.0 cm³/mol. The van der Waals surface area contributed by atoms with E-state index in [4.69, 9.17) is 9.84 Å². The van der Waals surface area contributed by atoms with Crippen LogP contribution in [-0.4, -0.2) is 11.1 Å². The van der Waals surface area contributed by atoms with Gasteiger partial charge in [0.05, 0.1) is 4.47 Å². The van der Waals surface area contributed by atoms with Crippen molar-refractivity contribution in [3.8, 4) is 11.5 Å². The lowest BCUT2D eigenvalue weighted by Crippen LogP contribution is -1.88. The number of hydrogen-bond donors (Lipinski definition) is 1. The number of halogens is 2. The molecule has 102 valence electrons. The highest BCUT2D eigenvalue weighted by atomic mass is 79.9. The van der Waals surface area contributed by atoms with E-state index < -0.39 is 5.97 Å². The Hall–Kier alpha value is -1.59. The third-order valence-corrected chi connectivity index (χ3v) is 3.78. The second-order valence-electron chi connectivity index (χ2n) is 3.89. The van der Waals surface area contributed by atoms with E-state index in [0.29, 0.717) is 11.5 Å². The second-order valence-corrected chi connectivity index (χ2v) is 5.60. The molecule has 0 atom stereocenters. The van der Waals surface area contributed by atoms with Gasteiger partial charge in [-0.3, -0.25) is 0 Å². The highest BCUT2D eigenvalue weighted by Crippen LogP contribution is 2.31. The molecule has 0 aromatic heterocycles. The number of ether oxygens (including phenoxy) is 1. The molecule has 0 spiro atoms. The van der Waals surface area contributed by atoms with Crippen LogP contribution in [0.5, 0.6) is 11.5 Å². The van der Waals surface area contributed by atoms with Gasteiger partial charge in [-0.05, 0) is 51.8 Å². The normalized spacial score (nSPS) is 10.7. The summed E-state index contributed by atoms with van der Waals surface area (Å²) < 4.78 is 7.38. The van der Waals surface area contributed by atoms with Crippen LogP contribution in [0.25, 0.3) is 6.08 Å². The molecule has 0 amide bonds. The van der Waals surface area contributed by atoms with Crippen molar-refractivity contribution in [3.05, 3.63) is 63.0 Å². The van der Waals surface area contributed by atoms with Gasteiger partial charge < -0.3 is 9.84 Å². The fourth-order valence-corrected chi connectivity index (χ4v) is 2.38. The molecule has 2 aromatic rings. The van der Waals surface area contributed by atoms with E-state index >= 15 is 0 Å². The summed E-state index contributed by atoms with van der Waals surface area (Å²) in [7, 11) is 0. The number of rotatable bonds is 4. The van der Waals surface area contributed by atoms with Crippen LogP contribution in [-0.2, 0) is 4.79 Å². The summed E-state index contributed by atoms with van der Waals surface area (Å²) in [6.07, 6.45) is 2.61. The van der Waals surface area contributed by atoms with Crippen molar-refractivity contribution in [1.82, 2.24) is 0 Å². The molecule has 2 aromatic carbocycles. The Morgan fingerprint density at radius 3 is 2.50 bits per heavy atom. The van der Waals surface area contributed by atoms with E-state index in [0.717, 1.165) is 20.6 Å². The van der Waals surface area contributed by atoms with Crippen LogP contribution < -0.4 is 4.74 Å². The van der Waals surface area contributed by atoms with Crippen molar-refractivity contribution in [3.63, 3.8) is 0 Å². The van der Waals surface area contributed by atoms with Crippen molar-refractivity contribution in [2.24, 2.45) is 0 Å². The van der Waals surface area contributed by atoms with Crippen LogP contribution in [0.4, 0.5) is 0 Å². The molecule has 5 heteroatoms. The Morgan fingerprint density at radius 1 is 1.10 bits per heavy atom. The first-order valence-corrected chi connectivity index (χ1v) is 7.28. The maximum atomic E-state index is 10.5. The van der Waals surface area contributed by atoms with Crippen molar-refractivity contribution in [1.29, 1.82) is 0 Å². The predicted octanol–water partition coefficient (Wildman–Crippen LogP) is 5.10. The fourth-order valence-electron chi connectivity index (χ4n) is 1.52. The zero-order valence-corrected chi connectivity index (χ0v) is 13.4. The molecule has 0 saturated heterocycles. The minimum absolute atomic E-state index is 0.663. The Kier molecular flexibility index (Phi) is 4.98. The van der Waals surface area contributed by atoms with Crippen molar-refractivity contribution in [2.75, 3.05) is 0 Å². The summed E-state index contributed by atoms with van der Waals surface area (Å²) in [6.45, 7) is 0. The maximum Gasteiger partial charge on any atom is 0.328 e. The molecule has 0 aliphatic heterocycles. The van der Waals surface area contributed by atoms with Crippen LogP contribution in [0.2, 0.25) is 0 Å². The van der Waals surface area contributed by atoms with Gasteiger partial charge in [-0.25, -0.2) is 4.79 Å². The zero-order valence-electron chi connectivity index (χ0n) is 10.2. The third kappa shape index (κ3) is 3.95. The molecule has 0 fully saturated rings. The van der Waals surface area contributed by atoms with Crippen LogP contribution in [0.15, 0.2) is 57.5 Å². The van der Waals surface area contributed by atoms with Gasteiger partial charge >= 0.3 is 5.97 Å². The van der Waals surface area contributed by atoms with Gasteiger partial charge in [-0.2, -0.15) is 0 Å². The number of aliphatic carboxylic acids is 1. The molecule has 0 bridgehead atoms. The SMILES string of the molecule is O=C(O)/C=C/c1ccc(Oc2ccccc2Br)cc1Br. The van der Waals surface area contributed by atoms with Gasteiger partial charge in [0.1, 0.15) is 11.5 Å². The Labute approximate surface area is 133 Å². The number of carboxylic acids is 1. The lowest BCUT2D eigenvalue weighted by atomic mass is 10.2. The molecule has 0 aliphatic rings. The number of benzene rings is 2. The Morgan fingerprint density at radius 2 is 1.85 bits per heavy atom. The first-order valence-electron chi connectivity index (χ1n) is 5.69. The third-order valence-electron chi connectivity index (χ3n) is 2.44. The summed E-state index contributed by atoms with van der Waals surface area (Å²) in [5.41, 5.74) is 0.770. The quantitative estimate of drug-likeness (QED) is 0.730. The van der Waals surface area contributed by atoms with Crippen molar-refractivity contribution >= 4 is 43.9 Å². The average Bonchev–Trinajstić information content (AvgIpc) is 2.40. The zero-order chi connectivity index (χ0) is 14.5. The minimum atomic E-state index is -0.981. The van der Waals surface area contributed by atoms with E-state index in [1.165, 1.54) is 6.08 Å². The first-order chi connectivity index (χ1) is 9.56. The van der Waals surface area contributed by atoms with Crippen molar-refractivity contribution in [2.45, 2.75) is 0 Å². The molecular formula is C15H10Br2O3. The molecule has 2 rings (SSSR count). The second kappa shape index (κ2) is 6.72. The maximum absolute atomic E-state index is 10.5. The van der Waals surface area contributed by atoms with Gasteiger partial charge in [-0.1, -0.05) is 34.1 Å². The molecule has 0 radical (unpaired) electrons. The van der Waals surface area contributed by atoms with Gasteiger partial charge in [0.15, 0.2) is 0 Å². The highest BCUT2D eigenvalue weighted by Gasteiger charge is 2.04. The molecule has 20 heavy (non-hydrogen) atoms. The molecule has 0 heterocycles. The molecule has 3 nitrogen and oxygen atoms in total. The minimum Gasteiger partial charge on any atom is -0.478 e. The van der Waals surface area contributed by atoms with Gasteiger partial charge in [0.2, 0.25) is 0 Å². The molecular weight excluding hydrogens is 388 g/mol. The topological polar surface area (TPSA) is 46.5 Å². The summed E-state index contributed by atoms with van der Waals surface area (Å²) >= 11 is 6.81. The summed E-state index contributed by atoms with van der Waals surface area (Å²) in [5, 5.41) is 8.61. The largest absolute Gasteiger partial charge is 0.478 e. The number of carbonyl (C=O) groups is 1. The van der Waals surface area contributed by atoms with Crippen LogP contribution in [0, 0.1) is 0 Å². The van der Waals surface area contributed by atoms with E-state index in [9.17, 15) is 4.79 Å².